The second-order valence-corrected chi connectivity index (χ2v) is 6.66. The number of nitrogens with one attached hydrogen (secondary N) is 2. The van der Waals surface area contributed by atoms with Crippen LogP contribution in [-0.4, -0.2) is 21.7 Å². The predicted octanol–water partition coefficient (Wildman–Crippen LogP) is 3.30. The largest absolute Gasteiger partial charge is 0.361 e. The molecule has 23 heavy (non-hydrogen) atoms. The molecule has 0 saturated carbocycles. The number of benzene rings is 1. The summed E-state index contributed by atoms with van der Waals surface area (Å²) in [6.45, 7) is 5.67. The molecule has 0 bridgehead atoms. The van der Waals surface area contributed by atoms with Gasteiger partial charge >= 0.3 is 6.03 Å². The van der Waals surface area contributed by atoms with Crippen LogP contribution < -0.4 is 10.6 Å². The summed E-state index contributed by atoms with van der Waals surface area (Å²) in [5.74, 6) is 0.707. The summed E-state index contributed by atoms with van der Waals surface area (Å²) in [6, 6.07) is 6.48. The van der Waals surface area contributed by atoms with Crippen LogP contribution in [0.25, 0.3) is 0 Å². The van der Waals surface area contributed by atoms with Gasteiger partial charge in [0.2, 0.25) is 0 Å². The van der Waals surface area contributed by atoms with Crippen LogP contribution in [0.5, 0.6) is 0 Å². The number of carbonyl (C=O) groups is 1. The Balaban J connectivity index is 2.09. The maximum absolute atomic E-state index is 12.2. The number of nitrogens with zero attached hydrogens (tertiary/aromatic N) is 1. The van der Waals surface area contributed by atoms with Gasteiger partial charge in [-0.05, 0) is 38.5 Å². The van der Waals surface area contributed by atoms with Crippen molar-refractivity contribution < 1.29 is 13.5 Å². The van der Waals surface area contributed by atoms with E-state index in [1.165, 1.54) is 0 Å². The minimum absolute atomic E-state index is 0.176. The number of carbonyl (C=O) groups excluding carboxylic acids is 1. The van der Waals surface area contributed by atoms with Crippen molar-refractivity contribution >= 4 is 22.5 Å². The number of amides is 2. The van der Waals surface area contributed by atoms with Crippen molar-refractivity contribution in [1.29, 1.82) is 0 Å². The quantitative estimate of drug-likeness (QED) is 0.878. The van der Waals surface area contributed by atoms with Gasteiger partial charge in [-0.3, -0.25) is 4.21 Å². The zero-order valence-electron chi connectivity index (χ0n) is 13.7. The Morgan fingerprint density at radius 3 is 2.70 bits per heavy atom. The van der Waals surface area contributed by atoms with E-state index in [-0.39, 0.29) is 12.1 Å². The summed E-state index contributed by atoms with van der Waals surface area (Å²) in [5, 5.41) is 9.62. The molecule has 1 heterocycles. The van der Waals surface area contributed by atoms with Gasteiger partial charge in [-0.25, -0.2) is 4.79 Å². The van der Waals surface area contributed by atoms with E-state index in [0.717, 1.165) is 17.7 Å². The second kappa shape index (κ2) is 7.41. The maximum Gasteiger partial charge on any atom is 0.319 e. The first-order valence-corrected chi connectivity index (χ1v) is 8.92. The van der Waals surface area contributed by atoms with Crippen LogP contribution in [0, 0.1) is 13.8 Å². The van der Waals surface area contributed by atoms with Crippen LogP contribution in [0.2, 0.25) is 0 Å². The highest BCUT2D eigenvalue weighted by Gasteiger charge is 2.20. The van der Waals surface area contributed by atoms with Crippen molar-refractivity contribution in [2.24, 2.45) is 0 Å². The average molecular weight is 335 g/mol. The summed E-state index contributed by atoms with van der Waals surface area (Å²) in [7, 11) is -1.09. The molecule has 2 aromatic rings. The fraction of sp³-hybridized carbons (Fsp3) is 0.375. The number of aromatic nitrogens is 1. The summed E-state index contributed by atoms with van der Waals surface area (Å²) in [6.07, 6.45) is 2.32. The minimum Gasteiger partial charge on any atom is -0.361 e. The van der Waals surface area contributed by atoms with E-state index in [4.69, 9.17) is 4.52 Å². The van der Waals surface area contributed by atoms with E-state index in [2.05, 4.69) is 15.8 Å². The van der Waals surface area contributed by atoms with Gasteiger partial charge < -0.3 is 15.2 Å². The van der Waals surface area contributed by atoms with Gasteiger partial charge in [-0.2, -0.15) is 0 Å². The molecule has 2 amide bonds. The van der Waals surface area contributed by atoms with Crippen molar-refractivity contribution in [3.63, 3.8) is 0 Å². The molecule has 1 aromatic heterocycles. The van der Waals surface area contributed by atoms with E-state index in [9.17, 15) is 9.00 Å². The molecule has 124 valence electrons. The molecule has 2 rings (SSSR count). The predicted molar refractivity (Wildman–Crippen MR) is 89.9 cm³/mol. The normalized spacial score (nSPS) is 13.4. The lowest BCUT2D eigenvalue weighted by molar-refractivity contribution is 0.248. The first kappa shape index (κ1) is 17.2. The van der Waals surface area contributed by atoms with Gasteiger partial charge in [0, 0.05) is 33.2 Å². The lowest BCUT2D eigenvalue weighted by Gasteiger charge is -2.17. The highest BCUT2D eigenvalue weighted by atomic mass is 32.2. The number of hydrogen-bond acceptors (Lipinski definition) is 4. The van der Waals surface area contributed by atoms with Crippen molar-refractivity contribution in [3.05, 3.63) is 41.3 Å². The summed E-state index contributed by atoms with van der Waals surface area (Å²) in [5.41, 5.74) is 2.29. The molecule has 0 fully saturated rings. The summed E-state index contributed by atoms with van der Waals surface area (Å²) < 4.78 is 16.7. The Labute approximate surface area is 138 Å². The Morgan fingerprint density at radius 1 is 1.39 bits per heavy atom. The van der Waals surface area contributed by atoms with Gasteiger partial charge in [-0.1, -0.05) is 18.1 Å². The van der Waals surface area contributed by atoms with Gasteiger partial charge in [0.05, 0.1) is 11.7 Å². The molecular formula is C16H21N3O3S. The Hall–Kier alpha value is -2.15. The van der Waals surface area contributed by atoms with Crippen LogP contribution in [0.1, 0.15) is 36.4 Å². The lowest BCUT2D eigenvalue weighted by Crippen LogP contribution is -2.32. The summed E-state index contributed by atoms with van der Waals surface area (Å²) in [4.78, 5) is 12.9. The minimum atomic E-state index is -1.09. The topological polar surface area (TPSA) is 84.2 Å². The molecular weight excluding hydrogens is 314 g/mol. The van der Waals surface area contributed by atoms with Crippen LogP contribution >= 0.6 is 0 Å². The van der Waals surface area contributed by atoms with E-state index in [1.807, 2.05) is 20.8 Å². The summed E-state index contributed by atoms with van der Waals surface area (Å²) >= 11 is 0. The van der Waals surface area contributed by atoms with Crippen molar-refractivity contribution in [2.45, 2.75) is 38.1 Å². The number of anilines is 1. The zero-order chi connectivity index (χ0) is 17.0. The van der Waals surface area contributed by atoms with E-state index >= 15 is 0 Å². The molecule has 7 heteroatoms. The van der Waals surface area contributed by atoms with Crippen LogP contribution in [0.15, 0.2) is 33.7 Å². The highest BCUT2D eigenvalue weighted by Crippen LogP contribution is 2.24. The number of rotatable bonds is 5. The third kappa shape index (κ3) is 4.19. The van der Waals surface area contributed by atoms with Crippen LogP contribution in [0.3, 0.4) is 0 Å². The Bertz CT molecular complexity index is 708. The van der Waals surface area contributed by atoms with Crippen LogP contribution in [-0.2, 0) is 10.8 Å². The smallest absolute Gasteiger partial charge is 0.319 e. The van der Waals surface area contributed by atoms with Gasteiger partial charge in [-0.15, -0.1) is 0 Å². The van der Waals surface area contributed by atoms with E-state index in [1.54, 1.807) is 30.5 Å². The zero-order valence-corrected chi connectivity index (χ0v) is 14.5. The van der Waals surface area contributed by atoms with E-state index in [0.29, 0.717) is 16.3 Å². The Kier molecular flexibility index (Phi) is 5.54. The molecule has 1 aromatic carbocycles. The number of hydrogen-bond donors (Lipinski definition) is 2. The SMILES string of the molecule is CC[C@@H](NC(=O)Nc1cccc([S@@](C)=O)c1)c1c(C)noc1C. The van der Waals surface area contributed by atoms with Gasteiger partial charge in [0.25, 0.3) is 0 Å². The molecule has 0 unspecified atom stereocenters. The standard InChI is InChI=1S/C16H21N3O3S/c1-5-14(15-10(2)19-22-11(15)3)18-16(20)17-12-7-6-8-13(9-12)23(4)21/h6-9,14H,5H2,1-4H3,(H2,17,18,20)/t14-,23-/m1/s1. The monoisotopic (exact) mass is 335 g/mol. The first-order valence-electron chi connectivity index (χ1n) is 7.36. The molecule has 0 radical (unpaired) electrons. The fourth-order valence-corrected chi connectivity index (χ4v) is 3.01. The van der Waals surface area contributed by atoms with E-state index < -0.39 is 10.8 Å². The van der Waals surface area contributed by atoms with Crippen molar-refractivity contribution in [3.8, 4) is 0 Å². The maximum atomic E-state index is 12.2. The molecule has 0 aliphatic heterocycles. The number of urea groups is 1. The molecule has 2 atom stereocenters. The molecule has 0 aliphatic carbocycles. The highest BCUT2D eigenvalue weighted by molar-refractivity contribution is 7.84. The van der Waals surface area contributed by atoms with Crippen LogP contribution in [0.4, 0.5) is 10.5 Å². The lowest BCUT2D eigenvalue weighted by atomic mass is 10.0. The molecule has 6 nitrogen and oxygen atoms in total. The molecule has 2 N–H and O–H groups in total. The average Bonchev–Trinajstić information content (AvgIpc) is 2.84. The second-order valence-electron chi connectivity index (χ2n) is 5.28. The Morgan fingerprint density at radius 2 is 2.13 bits per heavy atom. The molecule has 0 aliphatic rings. The van der Waals surface area contributed by atoms with Gasteiger partial charge in [0.1, 0.15) is 5.76 Å². The third-order valence-corrected chi connectivity index (χ3v) is 4.49. The van der Waals surface area contributed by atoms with Crippen molar-refractivity contribution in [2.75, 3.05) is 11.6 Å². The van der Waals surface area contributed by atoms with Crippen molar-refractivity contribution in [1.82, 2.24) is 10.5 Å². The third-order valence-electron chi connectivity index (χ3n) is 3.57. The molecule has 0 saturated heterocycles. The number of aryl methyl sites for hydroxylation is 2. The van der Waals surface area contributed by atoms with Gasteiger partial charge in [0.15, 0.2) is 0 Å². The first-order chi connectivity index (χ1) is 10.9. The molecule has 0 spiro atoms. The fourth-order valence-electron chi connectivity index (χ4n) is 2.44.